The van der Waals surface area contributed by atoms with Crippen molar-refractivity contribution in [2.75, 3.05) is 26.3 Å². The van der Waals surface area contributed by atoms with Crippen LogP contribution in [-0.4, -0.2) is 48.6 Å². The predicted octanol–water partition coefficient (Wildman–Crippen LogP) is 0.706. The molecule has 1 aliphatic heterocycles. The van der Waals surface area contributed by atoms with Crippen LogP contribution in [-0.2, 0) is 14.3 Å². The van der Waals surface area contributed by atoms with E-state index >= 15 is 0 Å². The van der Waals surface area contributed by atoms with Gasteiger partial charge in [0.25, 0.3) is 0 Å². The summed E-state index contributed by atoms with van der Waals surface area (Å²) in [5.41, 5.74) is 0.167. The molecule has 18 heavy (non-hydrogen) atoms. The van der Waals surface area contributed by atoms with Crippen molar-refractivity contribution in [2.45, 2.75) is 32.7 Å². The molecule has 1 saturated heterocycles. The normalized spacial score (nSPS) is 24.1. The minimum absolute atomic E-state index is 0.0384. The quantitative estimate of drug-likeness (QED) is 0.561. The summed E-state index contributed by atoms with van der Waals surface area (Å²) < 4.78 is 5.36. The lowest BCUT2D eigenvalue weighted by Gasteiger charge is -2.39. The second-order valence-electron chi connectivity index (χ2n) is 4.97. The van der Waals surface area contributed by atoms with E-state index in [0.717, 1.165) is 5.57 Å². The average molecular weight is 254 g/mol. The Morgan fingerprint density at radius 1 is 1.56 bits per heavy atom. The first-order valence-electron chi connectivity index (χ1n) is 6.21. The second kappa shape index (κ2) is 6.00. The number of ether oxygens (including phenoxy) is 1. The number of carbonyl (C=O) groups is 2. The van der Waals surface area contributed by atoms with Crippen LogP contribution in [0.1, 0.15) is 27.2 Å². The molecule has 1 aliphatic rings. The molecular formula is C13H22N2O3. The van der Waals surface area contributed by atoms with E-state index in [2.05, 4.69) is 11.9 Å². The third-order valence-corrected chi connectivity index (χ3v) is 3.07. The van der Waals surface area contributed by atoms with Crippen molar-refractivity contribution in [3.05, 3.63) is 12.2 Å². The van der Waals surface area contributed by atoms with Gasteiger partial charge in [-0.25, -0.2) is 0 Å². The highest BCUT2D eigenvalue weighted by Crippen LogP contribution is 2.17. The molecule has 0 aromatic rings. The number of hydrogen-bond donors (Lipinski definition) is 1. The van der Waals surface area contributed by atoms with Gasteiger partial charge in [-0.05, 0) is 20.3 Å². The number of nitrogens with zero attached hydrogens (tertiary/aromatic N) is 1. The fourth-order valence-corrected chi connectivity index (χ4v) is 1.84. The lowest BCUT2D eigenvalue weighted by atomic mass is 9.94. The van der Waals surface area contributed by atoms with Gasteiger partial charge >= 0.3 is 0 Å². The number of nitrogens with one attached hydrogen (secondary N) is 1. The summed E-state index contributed by atoms with van der Waals surface area (Å²) >= 11 is 0. The smallest absolute Gasteiger partial charge is 0.248 e. The summed E-state index contributed by atoms with van der Waals surface area (Å²) in [7, 11) is 0. The molecule has 0 bridgehead atoms. The Bertz CT molecular complexity index is 354. The molecule has 0 aromatic carbocycles. The molecule has 0 radical (unpaired) electrons. The molecule has 1 unspecified atom stereocenters. The maximum Gasteiger partial charge on any atom is 0.248 e. The zero-order valence-corrected chi connectivity index (χ0v) is 11.4. The zero-order valence-electron chi connectivity index (χ0n) is 11.4. The van der Waals surface area contributed by atoms with Crippen LogP contribution in [0.3, 0.4) is 0 Å². The Morgan fingerprint density at radius 2 is 2.22 bits per heavy atom. The summed E-state index contributed by atoms with van der Waals surface area (Å²) in [4.78, 5) is 25.3. The summed E-state index contributed by atoms with van der Waals surface area (Å²) in [5, 5.41) is 2.75. The van der Waals surface area contributed by atoms with E-state index in [4.69, 9.17) is 4.74 Å². The Labute approximate surface area is 108 Å². The SMILES string of the molecule is C=C(C)COCCN1CC(=O)NC(C)(CC)C1=O. The highest BCUT2D eigenvalue weighted by Gasteiger charge is 2.41. The van der Waals surface area contributed by atoms with E-state index in [1.807, 2.05) is 13.8 Å². The first-order chi connectivity index (χ1) is 8.39. The van der Waals surface area contributed by atoms with Crippen molar-refractivity contribution in [3.8, 4) is 0 Å². The van der Waals surface area contributed by atoms with Crippen LogP contribution in [0, 0.1) is 0 Å². The number of rotatable bonds is 6. The highest BCUT2D eigenvalue weighted by atomic mass is 16.5. The largest absolute Gasteiger partial charge is 0.375 e. The van der Waals surface area contributed by atoms with Gasteiger partial charge in [-0.3, -0.25) is 9.59 Å². The van der Waals surface area contributed by atoms with Crippen molar-refractivity contribution >= 4 is 11.8 Å². The fraction of sp³-hybridized carbons (Fsp3) is 0.692. The van der Waals surface area contributed by atoms with Crippen LogP contribution < -0.4 is 5.32 Å². The lowest BCUT2D eigenvalue weighted by molar-refractivity contribution is -0.150. The van der Waals surface area contributed by atoms with Crippen molar-refractivity contribution in [2.24, 2.45) is 0 Å². The van der Waals surface area contributed by atoms with E-state index in [1.165, 1.54) is 0 Å². The van der Waals surface area contributed by atoms with Crippen LogP contribution in [0.4, 0.5) is 0 Å². The molecule has 0 aromatic heterocycles. The van der Waals surface area contributed by atoms with Gasteiger partial charge < -0.3 is 15.0 Å². The van der Waals surface area contributed by atoms with Crippen LogP contribution in [0.5, 0.6) is 0 Å². The number of piperazine rings is 1. The van der Waals surface area contributed by atoms with Gasteiger partial charge in [0.15, 0.2) is 0 Å². The molecule has 5 heteroatoms. The molecule has 1 rings (SSSR count). The molecule has 1 fully saturated rings. The first-order valence-corrected chi connectivity index (χ1v) is 6.21. The van der Waals surface area contributed by atoms with Gasteiger partial charge in [0.05, 0.1) is 19.8 Å². The fourth-order valence-electron chi connectivity index (χ4n) is 1.84. The molecule has 5 nitrogen and oxygen atoms in total. The molecule has 0 saturated carbocycles. The molecule has 0 aliphatic carbocycles. The average Bonchev–Trinajstić information content (AvgIpc) is 2.30. The van der Waals surface area contributed by atoms with Crippen molar-refractivity contribution in [3.63, 3.8) is 0 Å². The van der Waals surface area contributed by atoms with E-state index in [0.29, 0.717) is 26.2 Å². The van der Waals surface area contributed by atoms with Crippen molar-refractivity contribution in [1.82, 2.24) is 10.2 Å². The summed E-state index contributed by atoms with van der Waals surface area (Å²) in [6.07, 6.45) is 0.584. The summed E-state index contributed by atoms with van der Waals surface area (Å²) in [6.45, 7) is 10.7. The van der Waals surface area contributed by atoms with Gasteiger partial charge in [0.2, 0.25) is 11.8 Å². The van der Waals surface area contributed by atoms with E-state index in [9.17, 15) is 9.59 Å². The zero-order chi connectivity index (χ0) is 13.8. The first kappa shape index (κ1) is 14.7. The summed E-state index contributed by atoms with van der Waals surface area (Å²) in [6, 6.07) is 0. The molecule has 1 N–H and O–H groups in total. The molecule has 102 valence electrons. The van der Waals surface area contributed by atoms with Gasteiger partial charge in [-0.15, -0.1) is 0 Å². The van der Waals surface area contributed by atoms with Crippen LogP contribution in [0.15, 0.2) is 12.2 Å². The van der Waals surface area contributed by atoms with Crippen LogP contribution in [0.25, 0.3) is 0 Å². The lowest BCUT2D eigenvalue weighted by Crippen LogP contribution is -2.65. The van der Waals surface area contributed by atoms with Gasteiger partial charge in [0.1, 0.15) is 5.54 Å². The highest BCUT2D eigenvalue weighted by molar-refractivity contribution is 5.97. The monoisotopic (exact) mass is 254 g/mol. The number of carbonyl (C=O) groups excluding carboxylic acids is 2. The Balaban J connectivity index is 2.51. The Morgan fingerprint density at radius 3 is 2.78 bits per heavy atom. The maximum atomic E-state index is 12.2. The molecular weight excluding hydrogens is 232 g/mol. The Hall–Kier alpha value is -1.36. The number of hydrogen-bond acceptors (Lipinski definition) is 3. The van der Waals surface area contributed by atoms with E-state index in [-0.39, 0.29) is 18.4 Å². The standard InChI is InChI=1S/C13H22N2O3/c1-5-13(4)12(17)15(8-11(16)14-13)6-7-18-9-10(2)3/h2,5-9H2,1,3-4H3,(H,14,16). The molecule has 1 heterocycles. The van der Waals surface area contributed by atoms with Gasteiger partial charge in [-0.1, -0.05) is 19.1 Å². The van der Waals surface area contributed by atoms with E-state index < -0.39 is 5.54 Å². The third-order valence-electron chi connectivity index (χ3n) is 3.07. The van der Waals surface area contributed by atoms with Gasteiger partial charge in [0, 0.05) is 6.54 Å². The predicted molar refractivity (Wildman–Crippen MR) is 69.1 cm³/mol. The minimum Gasteiger partial charge on any atom is -0.375 e. The van der Waals surface area contributed by atoms with Crippen LogP contribution >= 0.6 is 0 Å². The topological polar surface area (TPSA) is 58.6 Å². The maximum absolute atomic E-state index is 12.2. The third kappa shape index (κ3) is 3.57. The second-order valence-corrected chi connectivity index (χ2v) is 4.97. The summed E-state index contributed by atoms with van der Waals surface area (Å²) in [5.74, 6) is -0.151. The minimum atomic E-state index is -0.774. The van der Waals surface area contributed by atoms with Crippen molar-refractivity contribution < 1.29 is 14.3 Å². The molecule has 2 amide bonds. The Kier molecular flexibility index (Phi) is 4.90. The van der Waals surface area contributed by atoms with Crippen molar-refractivity contribution in [1.29, 1.82) is 0 Å². The van der Waals surface area contributed by atoms with Crippen LogP contribution in [0.2, 0.25) is 0 Å². The number of amides is 2. The molecule has 0 spiro atoms. The van der Waals surface area contributed by atoms with E-state index in [1.54, 1.807) is 11.8 Å². The van der Waals surface area contributed by atoms with Gasteiger partial charge in [-0.2, -0.15) is 0 Å². The molecule has 1 atom stereocenters.